The van der Waals surface area contributed by atoms with Gasteiger partial charge in [0.15, 0.2) is 5.82 Å². The number of rotatable bonds is 3. The van der Waals surface area contributed by atoms with Gasteiger partial charge >= 0.3 is 0 Å². The van der Waals surface area contributed by atoms with E-state index in [4.69, 9.17) is 28.1 Å². The number of fused-ring (bicyclic) bond motifs is 3. The molecule has 4 heterocycles. The van der Waals surface area contributed by atoms with Crippen molar-refractivity contribution in [3.8, 4) is 16.8 Å². The number of benzene rings is 1. The van der Waals surface area contributed by atoms with Gasteiger partial charge in [0.1, 0.15) is 22.7 Å². The Kier molecular flexibility index (Phi) is 5.84. The molecule has 1 aliphatic heterocycles. The van der Waals surface area contributed by atoms with Gasteiger partial charge in [0.25, 0.3) is 0 Å². The fourth-order valence-corrected chi connectivity index (χ4v) is 5.28. The Bertz CT molecular complexity index is 1540. The molecule has 0 unspecified atom stereocenters. The highest BCUT2D eigenvalue weighted by Crippen LogP contribution is 2.39. The minimum absolute atomic E-state index is 0.0139. The molecular formula is C25H20ClN7OS. The Morgan fingerprint density at radius 1 is 1.14 bits per heavy atom. The molecule has 4 N–H and O–H groups in total. The quantitative estimate of drug-likeness (QED) is 0.413. The largest absolute Gasteiger partial charge is 0.384 e. The van der Waals surface area contributed by atoms with Crippen molar-refractivity contribution in [2.24, 2.45) is 10.7 Å². The zero-order valence-electron chi connectivity index (χ0n) is 18.9. The molecule has 4 aromatic rings. The van der Waals surface area contributed by atoms with Gasteiger partial charge in [-0.15, -0.1) is 21.5 Å². The number of aliphatic imine (C=N–C) groups is 1. The van der Waals surface area contributed by atoms with Gasteiger partial charge in [-0.25, -0.2) is 4.98 Å². The molecule has 1 amide bonds. The molecule has 10 heteroatoms. The van der Waals surface area contributed by atoms with Gasteiger partial charge in [0.2, 0.25) is 5.91 Å². The number of nitrogens with zero attached hydrogens (tertiary/aromatic N) is 5. The van der Waals surface area contributed by atoms with Crippen LogP contribution in [0.4, 0.5) is 5.82 Å². The lowest BCUT2D eigenvalue weighted by Crippen LogP contribution is -2.17. The molecule has 0 spiro atoms. The third-order valence-electron chi connectivity index (χ3n) is 5.62. The minimum atomic E-state index is -0.575. The number of carbonyl (C=O) groups excluding carboxylic acids is 1. The molecule has 174 valence electrons. The van der Waals surface area contributed by atoms with Gasteiger partial charge < -0.3 is 11.5 Å². The topological polar surface area (TPSA) is 125 Å². The number of aromatic nitrogens is 4. The average Bonchev–Trinajstić information content (AvgIpc) is 3.32. The number of aryl methyl sites for hydroxylation is 1. The first-order valence-corrected chi connectivity index (χ1v) is 11.9. The van der Waals surface area contributed by atoms with Crippen LogP contribution < -0.4 is 11.5 Å². The molecule has 1 aromatic carbocycles. The molecule has 0 radical (unpaired) electrons. The van der Waals surface area contributed by atoms with Gasteiger partial charge in [0, 0.05) is 27.9 Å². The highest BCUT2D eigenvalue weighted by molar-refractivity contribution is 7.15. The standard InChI is InChI=1S/C25H20ClN7OS/c1-13-19(9-3-15-4-10-20(27)29-12-15)35-25-22(13)23(16-5-7-17(26)8-6-16)30-18(11-21(28)34)24-32-31-14(2)33(24)25/h4-8,10,12,18H,11H2,1-2H3,(H2,27,29)(H2,28,34)/t18-/m0/s1. The summed E-state index contributed by atoms with van der Waals surface area (Å²) >= 11 is 7.67. The van der Waals surface area contributed by atoms with E-state index in [2.05, 4.69) is 27.0 Å². The summed E-state index contributed by atoms with van der Waals surface area (Å²) in [5.41, 5.74) is 15.5. The normalized spacial score (nSPS) is 14.3. The number of anilines is 1. The van der Waals surface area contributed by atoms with Gasteiger partial charge in [-0.05, 0) is 43.7 Å². The van der Waals surface area contributed by atoms with E-state index < -0.39 is 11.9 Å². The zero-order chi connectivity index (χ0) is 24.7. The number of amides is 1. The van der Waals surface area contributed by atoms with E-state index in [1.807, 2.05) is 48.7 Å². The molecular weight excluding hydrogens is 482 g/mol. The van der Waals surface area contributed by atoms with Gasteiger partial charge in [0.05, 0.1) is 17.0 Å². The average molecular weight is 502 g/mol. The van der Waals surface area contributed by atoms with Crippen LogP contribution in [0.25, 0.3) is 5.00 Å². The first-order chi connectivity index (χ1) is 16.8. The van der Waals surface area contributed by atoms with Gasteiger partial charge in [-0.1, -0.05) is 35.6 Å². The maximum atomic E-state index is 11.9. The zero-order valence-corrected chi connectivity index (χ0v) is 20.5. The fraction of sp³-hybridized carbons (Fsp3) is 0.160. The Labute approximate surface area is 210 Å². The number of nitrogens with two attached hydrogens (primary N) is 2. The lowest BCUT2D eigenvalue weighted by Gasteiger charge is -2.11. The number of primary amides is 1. The lowest BCUT2D eigenvalue weighted by molar-refractivity contribution is -0.118. The second-order valence-electron chi connectivity index (χ2n) is 8.07. The fourth-order valence-electron chi connectivity index (χ4n) is 3.94. The van der Waals surface area contributed by atoms with E-state index in [0.717, 1.165) is 37.8 Å². The van der Waals surface area contributed by atoms with Crippen LogP contribution in [-0.4, -0.2) is 31.4 Å². The van der Waals surface area contributed by atoms with Crippen LogP contribution in [0.5, 0.6) is 0 Å². The molecule has 8 nitrogen and oxygen atoms in total. The first kappa shape index (κ1) is 22.8. The van der Waals surface area contributed by atoms with E-state index in [9.17, 15) is 4.79 Å². The molecule has 0 saturated carbocycles. The third kappa shape index (κ3) is 4.30. The monoisotopic (exact) mass is 501 g/mol. The second-order valence-corrected chi connectivity index (χ2v) is 9.51. The van der Waals surface area contributed by atoms with E-state index in [1.165, 1.54) is 11.3 Å². The molecule has 0 fully saturated rings. The third-order valence-corrected chi connectivity index (χ3v) is 7.06. The predicted octanol–water partition coefficient (Wildman–Crippen LogP) is 3.74. The second kappa shape index (κ2) is 8.98. The number of halogens is 1. The summed E-state index contributed by atoms with van der Waals surface area (Å²) in [7, 11) is 0. The van der Waals surface area contributed by atoms with E-state index >= 15 is 0 Å². The van der Waals surface area contributed by atoms with Crippen LogP contribution in [0.15, 0.2) is 47.6 Å². The summed E-state index contributed by atoms with van der Waals surface area (Å²) in [4.78, 5) is 21.9. The predicted molar refractivity (Wildman–Crippen MR) is 137 cm³/mol. The van der Waals surface area contributed by atoms with Crippen molar-refractivity contribution < 1.29 is 4.79 Å². The number of pyridine rings is 1. The highest BCUT2D eigenvalue weighted by atomic mass is 35.5. The van der Waals surface area contributed by atoms with E-state index in [-0.39, 0.29) is 6.42 Å². The summed E-state index contributed by atoms with van der Waals surface area (Å²) in [6, 6.07) is 10.4. The molecule has 5 rings (SSSR count). The molecule has 3 aromatic heterocycles. The summed E-state index contributed by atoms with van der Waals surface area (Å²) in [6.45, 7) is 3.88. The molecule has 0 saturated heterocycles. The van der Waals surface area contributed by atoms with Crippen molar-refractivity contribution in [1.29, 1.82) is 0 Å². The van der Waals surface area contributed by atoms with Crippen molar-refractivity contribution >= 4 is 40.4 Å². The summed E-state index contributed by atoms with van der Waals surface area (Å²) in [5.74, 6) is 7.67. The number of hydrogen-bond donors (Lipinski definition) is 2. The SMILES string of the molecule is Cc1c(C#Cc2ccc(N)nc2)sc2c1C(c1ccc(Cl)cc1)=N[C@@H](CC(N)=O)c1nnc(C)n1-2. The number of hydrogen-bond acceptors (Lipinski definition) is 7. The molecule has 0 aliphatic carbocycles. The summed E-state index contributed by atoms with van der Waals surface area (Å²) < 4.78 is 1.95. The molecule has 0 bridgehead atoms. The molecule has 35 heavy (non-hydrogen) atoms. The first-order valence-electron chi connectivity index (χ1n) is 10.7. The Morgan fingerprint density at radius 2 is 1.91 bits per heavy atom. The van der Waals surface area contributed by atoms with Crippen LogP contribution in [0, 0.1) is 25.7 Å². The van der Waals surface area contributed by atoms with Crippen molar-refractivity contribution in [3.63, 3.8) is 0 Å². The number of carbonyl (C=O) groups is 1. The van der Waals surface area contributed by atoms with Gasteiger partial charge in [-0.3, -0.25) is 14.4 Å². The minimum Gasteiger partial charge on any atom is -0.384 e. The van der Waals surface area contributed by atoms with E-state index in [0.29, 0.717) is 22.5 Å². The van der Waals surface area contributed by atoms with Crippen molar-refractivity contribution in [3.05, 3.63) is 86.4 Å². The van der Waals surface area contributed by atoms with Crippen molar-refractivity contribution in [2.75, 3.05) is 5.73 Å². The maximum Gasteiger partial charge on any atom is 0.220 e. The van der Waals surface area contributed by atoms with Crippen LogP contribution in [-0.2, 0) is 4.79 Å². The summed E-state index contributed by atoms with van der Waals surface area (Å²) in [5, 5.41) is 10.1. The Morgan fingerprint density at radius 3 is 2.60 bits per heavy atom. The lowest BCUT2D eigenvalue weighted by atomic mass is 9.99. The van der Waals surface area contributed by atoms with Crippen LogP contribution >= 0.6 is 22.9 Å². The van der Waals surface area contributed by atoms with Gasteiger partial charge in [-0.2, -0.15) is 0 Å². The van der Waals surface area contributed by atoms with Crippen LogP contribution in [0.1, 0.15) is 51.2 Å². The Balaban J connectivity index is 1.74. The molecule has 1 atom stereocenters. The van der Waals surface area contributed by atoms with Crippen molar-refractivity contribution in [2.45, 2.75) is 26.3 Å². The van der Waals surface area contributed by atoms with Crippen LogP contribution in [0.2, 0.25) is 5.02 Å². The molecule has 1 aliphatic rings. The Hall–Kier alpha value is -4.00. The smallest absolute Gasteiger partial charge is 0.220 e. The number of thiophene rings is 1. The highest BCUT2D eigenvalue weighted by Gasteiger charge is 2.32. The van der Waals surface area contributed by atoms with E-state index in [1.54, 1.807) is 12.3 Å². The number of nitrogen functional groups attached to an aromatic ring is 1. The van der Waals surface area contributed by atoms with Crippen molar-refractivity contribution in [1.82, 2.24) is 19.7 Å². The van der Waals surface area contributed by atoms with Crippen LogP contribution in [0.3, 0.4) is 0 Å². The maximum absolute atomic E-state index is 11.9. The summed E-state index contributed by atoms with van der Waals surface area (Å²) in [6.07, 6.45) is 1.66.